The Morgan fingerprint density at radius 3 is 2.08 bits per heavy atom. The maximum Gasteiger partial charge on any atom is 0.355 e. The van der Waals surface area contributed by atoms with Gasteiger partial charge in [-0.25, -0.2) is 19.6 Å². The molecule has 0 unspecified atom stereocenters. The quantitative estimate of drug-likeness (QED) is 0.548. The van der Waals surface area contributed by atoms with Crippen LogP contribution in [0.25, 0.3) is 32.9 Å². The average Bonchev–Trinajstić information content (AvgIpc) is 2.66. The van der Waals surface area contributed by atoms with Crippen molar-refractivity contribution in [1.82, 2.24) is 9.97 Å². The van der Waals surface area contributed by atoms with Gasteiger partial charge in [0.1, 0.15) is 5.69 Å². The summed E-state index contributed by atoms with van der Waals surface area (Å²) in [6.07, 6.45) is 0. The van der Waals surface area contributed by atoms with Gasteiger partial charge in [0.05, 0.1) is 11.0 Å². The standard InChI is InChI=1S/C20H12N2O4/c23-19(24)15-9-8-12-6-7-13-10-14(11-4-2-1-3-5-11)18(20(25)26)22-17(13)16(12)21-15/h1-10H,(H,23,24)(H,25,26). The smallest absolute Gasteiger partial charge is 0.355 e. The minimum atomic E-state index is -1.16. The molecule has 0 saturated heterocycles. The predicted octanol–water partition coefficient (Wildman–Crippen LogP) is 3.85. The van der Waals surface area contributed by atoms with Gasteiger partial charge >= 0.3 is 11.9 Å². The minimum absolute atomic E-state index is 0.0984. The Balaban J connectivity index is 2.08. The molecular formula is C20H12N2O4. The van der Waals surface area contributed by atoms with Crippen molar-refractivity contribution < 1.29 is 19.8 Å². The second kappa shape index (κ2) is 5.93. The fourth-order valence-electron chi connectivity index (χ4n) is 2.94. The number of rotatable bonds is 3. The van der Waals surface area contributed by atoms with Crippen molar-refractivity contribution >= 4 is 33.7 Å². The second-order valence-electron chi connectivity index (χ2n) is 5.77. The Morgan fingerprint density at radius 2 is 1.38 bits per heavy atom. The number of carboxylic acids is 2. The lowest BCUT2D eigenvalue weighted by atomic mass is 10.0. The van der Waals surface area contributed by atoms with Gasteiger partial charge in [-0.1, -0.05) is 48.5 Å². The fraction of sp³-hybridized carbons (Fsp3) is 0. The molecule has 2 aromatic heterocycles. The number of nitrogens with zero attached hydrogens (tertiary/aromatic N) is 2. The summed E-state index contributed by atoms with van der Waals surface area (Å²) < 4.78 is 0. The summed E-state index contributed by atoms with van der Waals surface area (Å²) in [5, 5.41) is 20.2. The average molecular weight is 344 g/mol. The topological polar surface area (TPSA) is 100 Å². The molecule has 0 spiro atoms. The van der Waals surface area contributed by atoms with Gasteiger partial charge in [-0.05, 0) is 17.7 Å². The number of pyridine rings is 2. The van der Waals surface area contributed by atoms with E-state index in [0.717, 1.165) is 5.56 Å². The molecule has 0 fully saturated rings. The SMILES string of the molecule is O=C(O)c1ccc2ccc3cc(-c4ccccc4)c(C(=O)O)nc3c2n1. The van der Waals surface area contributed by atoms with Gasteiger partial charge in [-0.15, -0.1) is 0 Å². The maximum absolute atomic E-state index is 11.8. The number of hydrogen-bond donors (Lipinski definition) is 2. The molecule has 0 aliphatic carbocycles. The van der Waals surface area contributed by atoms with E-state index in [2.05, 4.69) is 9.97 Å². The summed E-state index contributed by atoms with van der Waals surface area (Å²) >= 11 is 0. The third kappa shape index (κ3) is 2.53. The zero-order chi connectivity index (χ0) is 18.3. The van der Waals surface area contributed by atoms with Gasteiger partial charge in [0, 0.05) is 16.3 Å². The van der Waals surface area contributed by atoms with Crippen molar-refractivity contribution in [3.63, 3.8) is 0 Å². The van der Waals surface area contributed by atoms with E-state index >= 15 is 0 Å². The van der Waals surface area contributed by atoms with Crippen LogP contribution in [0.15, 0.2) is 60.7 Å². The molecule has 0 saturated carbocycles. The van der Waals surface area contributed by atoms with E-state index in [1.165, 1.54) is 6.07 Å². The zero-order valence-electron chi connectivity index (χ0n) is 13.4. The van der Waals surface area contributed by atoms with Crippen LogP contribution in [0.1, 0.15) is 21.0 Å². The summed E-state index contributed by atoms with van der Waals surface area (Å²) in [7, 11) is 0. The Labute approximate surface area is 147 Å². The van der Waals surface area contributed by atoms with Gasteiger partial charge in [-0.3, -0.25) is 0 Å². The molecule has 0 bridgehead atoms. The number of carboxylic acid groups (broad SMARTS) is 2. The summed E-state index contributed by atoms with van der Waals surface area (Å²) in [6, 6.07) is 17.6. The van der Waals surface area contributed by atoms with E-state index in [0.29, 0.717) is 27.4 Å². The third-order valence-corrected chi connectivity index (χ3v) is 4.15. The number of aromatic nitrogens is 2. The molecule has 4 aromatic rings. The molecule has 0 amide bonds. The highest BCUT2D eigenvalue weighted by Crippen LogP contribution is 2.30. The Morgan fingerprint density at radius 1 is 0.731 bits per heavy atom. The van der Waals surface area contributed by atoms with Gasteiger partial charge in [-0.2, -0.15) is 0 Å². The van der Waals surface area contributed by atoms with E-state index in [-0.39, 0.29) is 11.4 Å². The summed E-state index contributed by atoms with van der Waals surface area (Å²) in [4.78, 5) is 31.5. The van der Waals surface area contributed by atoms with Crippen molar-refractivity contribution in [1.29, 1.82) is 0 Å². The van der Waals surface area contributed by atoms with Crippen LogP contribution in [0, 0.1) is 0 Å². The number of aromatic carboxylic acids is 2. The van der Waals surface area contributed by atoms with E-state index in [1.54, 1.807) is 12.1 Å². The Hall–Kier alpha value is -3.80. The minimum Gasteiger partial charge on any atom is -0.477 e. The molecule has 0 radical (unpaired) electrons. The van der Waals surface area contributed by atoms with Crippen LogP contribution in [0.4, 0.5) is 0 Å². The largest absolute Gasteiger partial charge is 0.477 e. The number of benzene rings is 2. The highest BCUT2D eigenvalue weighted by molar-refractivity contribution is 6.07. The Kier molecular flexibility index (Phi) is 3.58. The maximum atomic E-state index is 11.8. The van der Waals surface area contributed by atoms with Crippen molar-refractivity contribution in [3.05, 3.63) is 72.1 Å². The lowest BCUT2D eigenvalue weighted by Gasteiger charge is -2.10. The fourth-order valence-corrected chi connectivity index (χ4v) is 2.94. The van der Waals surface area contributed by atoms with Crippen LogP contribution in [0.3, 0.4) is 0 Å². The summed E-state index contributed by atoms with van der Waals surface area (Å²) in [6.45, 7) is 0. The zero-order valence-corrected chi connectivity index (χ0v) is 13.4. The van der Waals surface area contributed by atoms with Gasteiger partial charge in [0.2, 0.25) is 0 Å². The molecule has 2 N–H and O–H groups in total. The molecule has 0 atom stereocenters. The van der Waals surface area contributed by atoms with Crippen molar-refractivity contribution in [3.8, 4) is 11.1 Å². The molecule has 6 heteroatoms. The van der Waals surface area contributed by atoms with Crippen LogP contribution in [0.5, 0.6) is 0 Å². The van der Waals surface area contributed by atoms with Crippen LogP contribution in [-0.2, 0) is 0 Å². The first kappa shape index (κ1) is 15.7. The van der Waals surface area contributed by atoms with Crippen molar-refractivity contribution in [2.75, 3.05) is 0 Å². The summed E-state index contributed by atoms with van der Waals surface area (Å²) in [5.74, 6) is -2.31. The van der Waals surface area contributed by atoms with E-state index in [1.807, 2.05) is 42.5 Å². The van der Waals surface area contributed by atoms with Crippen LogP contribution < -0.4 is 0 Å². The van der Waals surface area contributed by atoms with Crippen molar-refractivity contribution in [2.24, 2.45) is 0 Å². The lowest BCUT2D eigenvalue weighted by molar-refractivity contribution is 0.0680. The highest BCUT2D eigenvalue weighted by Gasteiger charge is 2.17. The molecule has 0 aliphatic rings. The van der Waals surface area contributed by atoms with Crippen LogP contribution >= 0.6 is 0 Å². The molecular weight excluding hydrogens is 332 g/mol. The first-order valence-electron chi connectivity index (χ1n) is 7.81. The normalized spacial score (nSPS) is 10.9. The first-order chi connectivity index (χ1) is 12.5. The Bertz CT molecular complexity index is 1190. The van der Waals surface area contributed by atoms with Crippen LogP contribution in [0.2, 0.25) is 0 Å². The predicted molar refractivity (Wildman–Crippen MR) is 96.4 cm³/mol. The number of fused-ring (bicyclic) bond motifs is 3. The summed E-state index contributed by atoms with van der Waals surface area (Å²) in [5.41, 5.74) is 1.76. The van der Waals surface area contributed by atoms with E-state index in [9.17, 15) is 19.8 Å². The van der Waals surface area contributed by atoms with E-state index < -0.39 is 11.9 Å². The molecule has 26 heavy (non-hydrogen) atoms. The molecule has 0 aliphatic heterocycles. The molecule has 2 aromatic carbocycles. The van der Waals surface area contributed by atoms with E-state index in [4.69, 9.17) is 0 Å². The van der Waals surface area contributed by atoms with Gasteiger partial charge in [0.15, 0.2) is 5.69 Å². The second-order valence-corrected chi connectivity index (χ2v) is 5.77. The highest BCUT2D eigenvalue weighted by atomic mass is 16.4. The lowest BCUT2D eigenvalue weighted by Crippen LogP contribution is -2.05. The number of carbonyl (C=O) groups is 2. The van der Waals surface area contributed by atoms with Crippen molar-refractivity contribution in [2.45, 2.75) is 0 Å². The third-order valence-electron chi connectivity index (χ3n) is 4.15. The molecule has 2 heterocycles. The van der Waals surface area contributed by atoms with Gasteiger partial charge < -0.3 is 10.2 Å². The first-order valence-corrected chi connectivity index (χ1v) is 7.81. The molecule has 4 rings (SSSR count). The monoisotopic (exact) mass is 344 g/mol. The van der Waals surface area contributed by atoms with Crippen LogP contribution in [-0.4, -0.2) is 32.1 Å². The molecule has 6 nitrogen and oxygen atoms in total. The van der Waals surface area contributed by atoms with Gasteiger partial charge in [0.25, 0.3) is 0 Å². The molecule has 126 valence electrons. The number of hydrogen-bond acceptors (Lipinski definition) is 4.